The Kier molecular flexibility index (Phi) is 6.52. The molecule has 0 saturated carbocycles. The summed E-state index contributed by atoms with van der Waals surface area (Å²) in [6.07, 6.45) is 0.853. The second-order valence-electron chi connectivity index (χ2n) is 4.72. The van der Waals surface area contributed by atoms with Gasteiger partial charge in [0.1, 0.15) is 6.04 Å². The van der Waals surface area contributed by atoms with Crippen LogP contribution in [0.2, 0.25) is 0 Å². The number of benzene rings is 1. The number of carboxylic acids is 1. The molecule has 0 bridgehead atoms. The average molecular weight is 280 g/mol. The molecule has 0 aliphatic carbocycles. The predicted octanol–water partition coefficient (Wildman–Crippen LogP) is 1.45. The fraction of sp³-hybridized carbons (Fsp3) is 0.429. The number of carboxylic acid groups (broad SMARTS) is 2. The summed E-state index contributed by atoms with van der Waals surface area (Å²) in [5.74, 6) is -1.16. The van der Waals surface area contributed by atoms with Crippen molar-refractivity contribution in [3.63, 3.8) is 0 Å². The largest absolute Gasteiger partial charge is 0.480 e. The maximum atomic E-state index is 10.8. The van der Waals surface area contributed by atoms with Gasteiger partial charge in [0, 0.05) is 6.04 Å². The number of hydrogen-bond donors (Lipinski definition) is 4. The smallest absolute Gasteiger partial charge is 0.405 e. The standard InChI is InChI=1S/C14H20N2O4/c15-11(9-10-5-2-1-3-6-10)7-4-8-12(13(17)18)16-14(19)20/h1-3,5-6,11-12,16H,4,7-9,15H2,(H,17,18)(H,19,20)/t11?,12-/m0/s1. The van der Waals surface area contributed by atoms with E-state index in [1.165, 1.54) is 0 Å². The lowest BCUT2D eigenvalue weighted by Crippen LogP contribution is -2.40. The minimum absolute atomic E-state index is 0.0586. The van der Waals surface area contributed by atoms with Gasteiger partial charge in [-0.3, -0.25) is 0 Å². The number of aliphatic carboxylic acids is 1. The maximum Gasteiger partial charge on any atom is 0.405 e. The number of nitrogens with one attached hydrogen (secondary N) is 1. The Morgan fingerprint density at radius 3 is 2.35 bits per heavy atom. The number of rotatable bonds is 8. The molecule has 0 aromatic heterocycles. The Bertz CT molecular complexity index is 436. The highest BCUT2D eigenvalue weighted by molar-refractivity contribution is 5.78. The summed E-state index contributed by atoms with van der Waals surface area (Å²) >= 11 is 0. The second-order valence-corrected chi connectivity index (χ2v) is 4.72. The van der Waals surface area contributed by atoms with Crippen LogP contribution < -0.4 is 11.1 Å². The minimum atomic E-state index is -1.33. The molecule has 0 radical (unpaired) electrons. The average Bonchev–Trinajstić information content (AvgIpc) is 2.38. The third-order valence-electron chi connectivity index (χ3n) is 3.00. The van der Waals surface area contributed by atoms with Crippen LogP contribution in [0.1, 0.15) is 24.8 Å². The third kappa shape index (κ3) is 6.19. The van der Waals surface area contributed by atoms with Crippen LogP contribution in [-0.2, 0) is 11.2 Å². The van der Waals surface area contributed by atoms with Gasteiger partial charge in [-0.15, -0.1) is 0 Å². The summed E-state index contributed by atoms with van der Waals surface area (Å²) in [5, 5.41) is 19.4. The minimum Gasteiger partial charge on any atom is -0.480 e. The van der Waals surface area contributed by atoms with E-state index in [-0.39, 0.29) is 12.5 Å². The fourth-order valence-electron chi connectivity index (χ4n) is 2.01. The van der Waals surface area contributed by atoms with Crippen molar-refractivity contribution >= 4 is 12.1 Å². The van der Waals surface area contributed by atoms with Gasteiger partial charge in [-0.05, 0) is 31.2 Å². The Morgan fingerprint density at radius 2 is 1.80 bits per heavy atom. The number of carbonyl (C=O) groups is 2. The Balaban J connectivity index is 2.31. The van der Waals surface area contributed by atoms with E-state index in [1.807, 2.05) is 35.6 Å². The normalized spacial score (nSPS) is 13.4. The number of nitrogens with two attached hydrogens (primary N) is 1. The molecule has 1 rings (SSSR count). The van der Waals surface area contributed by atoms with Gasteiger partial charge in [0.05, 0.1) is 0 Å². The first-order valence-electron chi connectivity index (χ1n) is 6.51. The van der Waals surface area contributed by atoms with Crippen LogP contribution in [0, 0.1) is 0 Å². The van der Waals surface area contributed by atoms with E-state index in [4.69, 9.17) is 15.9 Å². The van der Waals surface area contributed by atoms with Gasteiger partial charge in [-0.25, -0.2) is 9.59 Å². The van der Waals surface area contributed by atoms with Crippen LogP contribution in [0.4, 0.5) is 4.79 Å². The number of amides is 1. The zero-order valence-corrected chi connectivity index (χ0v) is 11.2. The molecule has 6 nitrogen and oxygen atoms in total. The van der Waals surface area contributed by atoms with E-state index in [1.54, 1.807) is 0 Å². The van der Waals surface area contributed by atoms with Crippen molar-refractivity contribution in [2.24, 2.45) is 5.73 Å². The molecule has 0 fully saturated rings. The molecule has 1 unspecified atom stereocenters. The van der Waals surface area contributed by atoms with Crippen LogP contribution in [0.5, 0.6) is 0 Å². The zero-order valence-electron chi connectivity index (χ0n) is 11.2. The maximum absolute atomic E-state index is 10.8. The van der Waals surface area contributed by atoms with Gasteiger partial charge >= 0.3 is 12.1 Å². The topological polar surface area (TPSA) is 113 Å². The molecule has 0 saturated heterocycles. The van der Waals surface area contributed by atoms with E-state index in [9.17, 15) is 9.59 Å². The van der Waals surface area contributed by atoms with Crippen molar-refractivity contribution in [2.45, 2.75) is 37.8 Å². The Hall–Kier alpha value is -2.08. The van der Waals surface area contributed by atoms with Crippen molar-refractivity contribution < 1.29 is 19.8 Å². The van der Waals surface area contributed by atoms with Crippen molar-refractivity contribution in [1.82, 2.24) is 5.32 Å². The molecule has 0 spiro atoms. The zero-order chi connectivity index (χ0) is 15.0. The molecule has 1 aromatic carbocycles. The van der Waals surface area contributed by atoms with Crippen molar-refractivity contribution in [3.8, 4) is 0 Å². The Morgan fingerprint density at radius 1 is 1.15 bits per heavy atom. The lowest BCUT2D eigenvalue weighted by Gasteiger charge is -2.15. The molecule has 5 N–H and O–H groups in total. The summed E-state index contributed by atoms with van der Waals surface area (Å²) in [5.41, 5.74) is 7.12. The lowest BCUT2D eigenvalue weighted by molar-refractivity contribution is -0.139. The molecular formula is C14H20N2O4. The molecule has 0 heterocycles. The molecule has 1 aromatic rings. The molecule has 20 heavy (non-hydrogen) atoms. The Labute approximate surface area is 117 Å². The van der Waals surface area contributed by atoms with Gasteiger partial charge in [-0.2, -0.15) is 0 Å². The quantitative estimate of drug-likeness (QED) is 0.575. The van der Waals surface area contributed by atoms with Gasteiger partial charge in [0.25, 0.3) is 0 Å². The summed E-state index contributed by atoms with van der Waals surface area (Å²) in [4.78, 5) is 21.3. The lowest BCUT2D eigenvalue weighted by atomic mass is 10.00. The molecule has 1 amide bonds. The molecule has 6 heteroatoms. The van der Waals surface area contributed by atoms with Gasteiger partial charge < -0.3 is 21.3 Å². The van der Waals surface area contributed by atoms with E-state index >= 15 is 0 Å². The van der Waals surface area contributed by atoms with Gasteiger partial charge in [0.2, 0.25) is 0 Å². The first-order valence-corrected chi connectivity index (χ1v) is 6.51. The van der Waals surface area contributed by atoms with Crippen LogP contribution >= 0.6 is 0 Å². The van der Waals surface area contributed by atoms with Crippen LogP contribution in [0.25, 0.3) is 0 Å². The van der Waals surface area contributed by atoms with Crippen LogP contribution in [-0.4, -0.2) is 34.4 Å². The highest BCUT2D eigenvalue weighted by atomic mass is 16.4. The predicted molar refractivity (Wildman–Crippen MR) is 74.6 cm³/mol. The highest BCUT2D eigenvalue weighted by Gasteiger charge is 2.19. The van der Waals surface area contributed by atoms with Crippen molar-refractivity contribution in [2.75, 3.05) is 0 Å². The summed E-state index contributed by atoms with van der Waals surface area (Å²) in [6.45, 7) is 0. The monoisotopic (exact) mass is 280 g/mol. The SMILES string of the molecule is NC(CCC[C@H](NC(=O)O)C(=O)O)Cc1ccccc1. The van der Waals surface area contributed by atoms with Gasteiger partial charge in [0.15, 0.2) is 0 Å². The van der Waals surface area contributed by atoms with E-state index in [2.05, 4.69) is 0 Å². The highest BCUT2D eigenvalue weighted by Crippen LogP contribution is 2.09. The summed E-state index contributed by atoms with van der Waals surface area (Å²) < 4.78 is 0. The van der Waals surface area contributed by atoms with Crippen LogP contribution in [0.15, 0.2) is 30.3 Å². The van der Waals surface area contributed by atoms with Crippen LogP contribution in [0.3, 0.4) is 0 Å². The molecule has 0 aliphatic rings. The first-order chi connectivity index (χ1) is 9.49. The molecular weight excluding hydrogens is 260 g/mol. The van der Waals surface area contributed by atoms with E-state index in [0.717, 1.165) is 12.0 Å². The first kappa shape index (κ1) is 16.0. The van der Waals surface area contributed by atoms with E-state index < -0.39 is 18.1 Å². The fourth-order valence-corrected chi connectivity index (χ4v) is 2.01. The second kappa shape index (κ2) is 8.16. The van der Waals surface area contributed by atoms with Crippen molar-refractivity contribution in [3.05, 3.63) is 35.9 Å². The summed E-state index contributed by atoms with van der Waals surface area (Å²) in [6, 6.07) is 8.67. The van der Waals surface area contributed by atoms with Gasteiger partial charge in [-0.1, -0.05) is 30.3 Å². The van der Waals surface area contributed by atoms with Crippen molar-refractivity contribution in [1.29, 1.82) is 0 Å². The molecule has 0 aliphatic heterocycles. The third-order valence-corrected chi connectivity index (χ3v) is 3.00. The summed E-state index contributed by atoms with van der Waals surface area (Å²) in [7, 11) is 0. The molecule has 2 atom stereocenters. The number of hydrogen-bond acceptors (Lipinski definition) is 3. The van der Waals surface area contributed by atoms with E-state index in [0.29, 0.717) is 12.8 Å². The molecule has 110 valence electrons.